The summed E-state index contributed by atoms with van der Waals surface area (Å²) >= 11 is 0. The first-order valence-corrected chi connectivity index (χ1v) is 6.83. The minimum Gasteiger partial charge on any atom is -0.466 e. The number of nitrogens with one attached hydrogen (secondary N) is 1. The lowest BCUT2D eigenvalue weighted by Gasteiger charge is -2.29. The summed E-state index contributed by atoms with van der Waals surface area (Å²) in [6, 6.07) is -0.403. The van der Waals surface area contributed by atoms with Gasteiger partial charge in [0.05, 0.1) is 31.5 Å². The van der Waals surface area contributed by atoms with E-state index in [0.717, 1.165) is 0 Å². The highest BCUT2D eigenvalue weighted by Gasteiger charge is 2.66. The van der Waals surface area contributed by atoms with Gasteiger partial charge in [0.25, 0.3) is 0 Å². The number of esters is 2. The molecule has 3 aliphatic heterocycles. The largest absolute Gasteiger partial charge is 0.466 e. The fourth-order valence-corrected chi connectivity index (χ4v) is 3.25. The number of fused-ring (bicyclic) bond motifs is 5. The van der Waals surface area contributed by atoms with Gasteiger partial charge in [-0.3, -0.25) is 15.0 Å². The smallest absolute Gasteiger partial charge is 0.312 e. The molecule has 0 aromatic carbocycles. The van der Waals surface area contributed by atoms with Gasteiger partial charge in [-0.05, 0) is 13.8 Å². The summed E-state index contributed by atoms with van der Waals surface area (Å²) in [4.78, 5) is 24.3. The van der Waals surface area contributed by atoms with Crippen LogP contribution in [0.5, 0.6) is 0 Å². The van der Waals surface area contributed by atoms with Crippen LogP contribution in [0.1, 0.15) is 13.8 Å². The van der Waals surface area contributed by atoms with Crippen LogP contribution in [-0.4, -0.2) is 49.4 Å². The van der Waals surface area contributed by atoms with Gasteiger partial charge in [0, 0.05) is 0 Å². The molecule has 3 aliphatic rings. The zero-order valence-corrected chi connectivity index (χ0v) is 11.3. The Morgan fingerprint density at radius 1 is 1.10 bits per heavy atom. The van der Waals surface area contributed by atoms with Gasteiger partial charge in [-0.25, -0.2) is 0 Å². The van der Waals surface area contributed by atoms with Crippen LogP contribution in [0, 0.1) is 11.8 Å². The molecule has 0 spiro atoms. The van der Waals surface area contributed by atoms with Gasteiger partial charge >= 0.3 is 11.9 Å². The highest BCUT2D eigenvalue weighted by atomic mass is 16.6. The van der Waals surface area contributed by atoms with Crippen molar-refractivity contribution in [2.45, 2.75) is 38.1 Å². The van der Waals surface area contributed by atoms with E-state index in [1.807, 2.05) is 0 Å². The van der Waals surface area contributed by atoms with Crippen molar-refractivity contribution in [2.24, 2.45) is 22.2 Å². The van der Waals surface area contributed by atoms with Crippen LogP contribution >= 0.6 is 0 Å². The topological polar surface area (TPSA) is 98.6 Å². The zero-order valence-electron chi connectivity index (χ0n) is 11.3. The Labute approximate surface area is 115 Å². The lowest BCUT2D eigenvalue weighted by molar-refractivity contribution is -0.161. The fraction of sp³-hybridized carbons (Fsp3) is 0.833. The van der Waals surface area contributed by atoms with Crippen LogP contribution in [0.2, 0.25) is 0 Å². The van der Waals surface area contributed by atoms with Gasteiger partial charge in [-0.2, -0.15) is 5.11 Å². The average molecular weight is 283 g/mol. The Hall–Kier alpha value is -1.70. The normalized spacial score (nSPS) is 40.3. The highest BCUT2D eigenvalue weighted by molar-refractivity contribution is 5.84. The van der Waals surface area contributed by atoms with E-state index in [1.165, 1.54) is 0 Å². The number of nitrogens with zero attached hydrogens (tertiary/aromatic N) is 2. The summed E-state index contributed by atoms with van der Waals surface area (Å²) in [5.41, 5.74) is 2.84. The predicted octanol–water partition coefficient (Wildman–Crippen LogP) is -0.166. The second-order valence-electron chi connectivity index (χ2n) is 4.98. The van der Waals surface area contributed by atoms with Gasteiger partial charge in [-0.15, -0.1) is 0 Å². The first kappa shape index (κ1) is 13.3. The molecule has 0 saturated carbocycles. The van der Waals surface area contributed by atoms with Gasteiger partial charge in [0.1, 0.15) is 17.9 Å². The minimum absolute atomic E-state index is 0.167. The van der Waals surface area contributed by atoms with Crippen molar-refractivity contribution in [3.05, 3.63) is 0 Å². The molecule has 0 radical (unpaired) electrons. The zero-order chi connectivity index (χ0) is 14.3. The number of carbonyl (C=O) groups is 2. The van der Waals surface area contributed by atoms with Crippen molar-refractivity contribution < 1.29 is 23.8 Å². The van der Waals surface area contributed by atoms with Gasteiger partial charge in [0.15, 0.2) is 0 Å². The number of carbonyl (C=O) groups excluding carboxylic acids is 2. The molecule has 0 aromatic rings. The van der Waals surface area contributed by atoms with E-state index in [1.54, 1.807) is 13.8 Å². The molecule has 1 N–H and O–H groups in total. The lowest BCUT2D eigenvalue weighted by atomic mass is 9.75. The summed E-state index contributed by atoms with van der Waals surface area (Å²) in [5, 5.41) is 7.82. The number of hydrogen-bond donors (Lipinski definition) is 1. The predicted molar refractivity (Wildman–Crippen MR) is 64.5 cm³/mol. The molecule has 2 saturated heterocycles. The molecule has 8 heteroatoms. The summed E-state index contributed by atoms with van der Waals surface area (Å²) in [6.07, 6.45) is -0.925. The second-order valence-corrected chi connectivity index (χ2v) is 4.98. The molecule has 20 heavy (non-hydrogen) atoms. The van der Waals surface area contributed by atoms with Gasteiger partial charge in [0.2, 0.25) is 0 Å². The molecule has 3 heterocycles. The van der Waals surface area contributed by atoms with Crippen LogP contribution in [0.15, 0.2) is 10.3 Å². The Balaban J connectivity index is 1.86. The number of ether oxygens (including phenoxy) is 3. The maximum Gasteiger partial charge on any atom is 0.312 e. The molecule has 110 valence electrons. The molecule has 8 nitrogen and oxygen atoms in total. The van der Waals surface area contributed by atoms with E-state index in [4.69, 9.17) is 14.2 Å². The molecular weight excluding hydrogens is 266 g/mol. The monoisotopic (exact) mass is 283 g/mol. The average Bonchev–Trinajstić information content (AvgIpc) is 3.09. The minimum atomic E-state index is -0.668. The molecule has 0 amide bonds. The van der Waals surface area contributed by atoms with E-state index in [-0.39, 0.29) is 25.3 Å². The van der Waals surface area contributed by atoms with E-state index in [2.05, 4.69) is 15.8 Å². The Morgan fingerprint density at radius 2 is 1.70 bits per heavy atom. The second kappa shape index (κ2) is 5.01. The molecule has 0 aliphatic carbocycles. The van der Waals surface area contributed by atoms with Crippen molar-refractivity contribution in [1.29, 1.82) is 0 Å². The van der Waals surface area contributed by atoms with Crippen molar-refractivity contribution in [3.63, 3.8) is 0 Å². The molecule has 3 rings (SSSR count). The van der Waals surface area contributed by atoms with Gasteiger partial charge < -0.3 is 14.2 Å². The molecule has 0 aromatic heterocycles. The van der Waals surface area contributed by atoms with Crippen molar-refractivity contribution in [1.82, 2.24) is 5.43 Å². The molecule has 2 fully saturated rings. The first-order valence-electron chi connectivity index (χ1n) is 6.83. The summed E-state index contributed by atoms with van der Waals surface area (Å²) in [7, 11) is 0. The van der Waals surface area contributed by atoms with E-state index in [0.29, 0.717) is 0 Å². The third kappa shape index (κ3) is 1.78. The molecule has 6 atom stereocenters. The summed E-state index contributed by atoms with van der Waals surface area (Å²) < 4.78 is 15.9. The van der Waals surface area contributed by atoms with E-state index < -0.39 is 36.0 Å². The van der Waals surface area contributed by atoms with Crippen LogP contribution < -0.4 is 5.43 Å². The number of rotatable bonds is 4. The third-order valence-corrected chi connectivity index (χ3v) is 3.98. The first-order chi connectivity index (χ1) is 9.69. The quantitative estimate of drug-likeness (QED) is 0.719. The maximum atomic E-state index is 12.1. The van der Waals surface area contributed by atoms with E-state index >= 15 is 0 Å². The Morgan fingerprint density at radius 3 is 2.30 bits per heavy atom. The van der Waals surface area contributed by atoms with Crippen LogP contribution in [0.25, 0.3) is 0 Å². The standard InChI is InChI=1S/C12H17N3O5/c1-3-18-11(16)5-6(12(17)19-4-2)10-8-7(9(5)20-10)13-15-14-8/h5-10H,3-4H2,1-2H3,(H,13,14)/t5-,6-,7-,8+,9+,10-/m1/s1. The van der Waals surface area contributed by atoms with Crippen LogP contribution in [0.3, 0.4) is 0 Å². The van der Waals surface area contributed by atoms with E-state index in [9.17, 15) is 9.59 Å². The maximum absolute atomic E-state index is 12.1. The fourth-order valence-electron chi connectivity index (χ4n) is 3.25. The summed E-state index contributed by atoms with van der Waals surface area (Å²) in [5.74, 6) is -2.18. The Kier molecular flexibility index (Phi) is 3.33. The third-order valence-electron chi connectivity index (χ3n) is 3.98. The lowest BCUT2D eigenvalue weighted by Crippen LogP contribution is -2.53. The molecule has 2 bridgehead atoms. The highest BCUT2D eigenvalue weighted by Crippen LogP contribution is 2.47. The van der Waals surface area contributed by atoms with Crippen LogP contribution in [0.4, 0.5) is 0 Å². The number of hydrogen-bond acceptors (Lipinski definition) is 8. The Bertz CT molecular complexity index is 454. The molecular formula is C12H17N3O5. The SMILES string of the molecule is CCOC(=O)[C@H]1[C@@H]2O[C@@H]([C@H]3N=NN[C@H]32)[C@@H]1C(=O)OCC. The van der Waals surface area contributed by atoms with Crippen molar-refractivity contribution in [3.8, 4) is 0 Å². The molecule has 0 unspecified atom stereocenters. The van der Waals surface area contributed by atoms with Crippen molar-refractivity contribution >= 4 is 11.9 Å². The van der Waals surface area contributed by atoms with Crippen molar-refractivity contribution in [2.75, 3.05) is 13.2 Å². The van der Waals surface area contributed by atoms with Crippen LogP contribution in [-0.2, 0) is 23.8 Å². The van der Waals surface area contributed by atoms with Gasteiger partial charge in [-0.1, -0.05) is 5.22 Å². The summed E-state index contributed by atoms with van der Waals surface area (Å²) in [6.45, 7) is 3.98.